The number of hydrogen-bond acceptors (Lipinski definition) is 4. The first-order valence-electron chi connectivity index (χ1n) is 6.62. The van der Waals surface area contributed by atoms with Crippen molar-refractivity contribution in [2.24, 2.45) is 0 Å². The molecule has 7 heteroatoms. The lowest BCUT2D eigenvalue weighted by Gasteiger charge is -2.09. The van der Waals surface area contributed by atoms with Crippen molar-refractivity contribution in [1.29, 1.82) is 5.26 Å². The molecule has 2 aromatic carbocycles. The van der Waals surface area contributed by atoms with Gasteiger partial charge in [-0.1, -0.05) is 40.2 Å². The topological polar surface area (TPSA) is 87.0 Å². The van der Waals surface area contributed by atoms with Gasteiger partial charge in [0.05, 0.1) is 22.9 Å². The Labute approximate surface area is 143 Å². The van der Waals surface area contributed by atoms with Gasteiger partial charge in [-0.2, -0.15) is 5.26 Å². The second-order valence-corrected chi connectivity index (χ2v) is 7.52. The third kappa shape index (κ3) is 4.41. The van der Waals surface area contributed by atoms with Crippen molar-refractivity contribution in [3.05, 3.63) is 63.6 Å². The summed E-state index contributed by atoms with van der Waals surface area (Å²) < 4.78 is 27.0. The molecule has 1 amide bonds. The predicted octanol–water partition coefficient (Wildman–Crippen LogP) is 2.68. The quantitative estimate of drug-likeness (QED) is 0.865. The summed E-state index contributed by atoms with van der Waals surface area (Å²) in [4.78, 5) is 11.9. The third-order valence-corrected chi connectivity index (χ3v) is 4.98. The zero-order valence-electron chi connectivity index (χ0n) is 12.2. The maximum atomic E-state index is 12.3. The average molecular weight is 393 g/mol. The molecule has 0 bridgehead atoms. The molecule has 0 fully saturated rings. The first-order valence-corrected chi connectivity index (χ1v) is 8.90. The van der Waals surface area contributed by atoms with Crippen LogP contribution in [0.5, 0.6) is 0 Å². The predicted molar refractivity (Wildman–Crippen MR) is 89.1 cm³/mol. The van der Waals surface area contributed by atoms with E-state index < -0.39 is 15.9 Å². The van der Waals surface area contributed by atoms with Crippen LogP contribution >= 0.6 is 15.9 Å². The van der Waals surface area contributed by atoms with Gasteiger partial charge >= 0.3 is 0 Å². The van der Waals surface area contributed by atoms with Gasteiger partial charge in [-0.25, -0.2) is 13.1 Å². The fourth-order valence-corrected chi connectivity index (χ4v) is 3.71. The normalized spacial score (nSPS) is 10.8. The van der Waals surface area contributed by atoms with E-state index >= 15 is 0 Å². The van der Waals surface area contributed by atoms with Crippen molar-refractivity contribution >= 4 is 31.9 Å². The molecule has 2 rings (SSSR count). The van der Waals surface area contributed by atoms with Crippen LogP contribution in [0.25, 0.3) is 0 Å². The number of nitrogens with one attached hydrogen (secondary N) is 1. The standard InChI is InChI=1S/C16H13BrN2O3S/c1-11-4-2-3-5-13(11)8-16(20)19-23(21,22)15-7-12(10-18)6-14(17)9-15/h2-7,9H,8H2,1H3,(H,19,20). The first kappa shape index (κ1) is 17.2. The van der Waals surface area contributed by atoms with Crippen molar-refractivity contribution < 1.29 is 13.2 Å². The Hall–Kier alpha value is -2.17. The molecule has 0 saturated carbocycles. The lowest BCUT2D eigenvalue weighted by molar-refractivity contribution is -0.118. The highest BCUT2D eigenvalue weighted by molar-refractivity contribution is 9.10. The van der Waals surface area contributed by atoms with E-state index in [4.69, 9.17) is 5.26 Å². The molecule has 23 heavy (non-hydrogen) atoms. The van der Waals surface area contributed by atoms with E-state index in [1.54, 1.807) is 12.1 Å². The number of carbonyl (C=O) groups is 1. The fraction of sp³-hybridized carbons (Fsp3) is 0.125. The molecule has 0 saturated heterocycles. The first-order chi connectivity index (χ1) is 10.8. The molecule has 0 aromatic heterocycles. The highest BCUT2D eigenvalue weighted by Crippen LogP contribution is 2.19. The van der Waals surface area contributed by atoms with E-state index in [1.807, 2.05) is 29.8 Å². The number of carbonyl (C=O) groups excluding carboxylic acids is 1. The fourth-order valence-electron chi connectivity index (χ4n) is 2.01. The molecule has 0 aliphatic heterocycles. The molecule has 0 radical (unpaired) electrons. The van der Waals surface area contributed by atoms with Crippen molar-refractivity contribution in [1.82, 2.24) is 4.72 Å². The van der Waals surface area contributed by atoms with Gasteiger partial charge in [0.25, 0.3) is 10.0 Å². The van der Waals surface area contributed by atoms with Crippen LogP contribution in [0.2, 0.25) is 0 Å². The minimum atomic E-state index is -4.03. The van der Waals surface area contributed by atoms with Crippen LogP contribution in [0, 0.1) is 18.3 Å². The van der Waals surface area contributed by atoms with Crippen LogP contribution in [0.15, 0.2) is 51.8 Å². The summed E-state index contributed by atoms with van der Waals surface area (Å²) in [7, 11) is -4.03. The molecular weight excluding hydrogens is 380 g/mol. The Balaban J connectivity index is 2.22. The van der Waals surface area contributed by atoms with Crippen LogP contribution in [-0.2, 0) is 21.2 Å². The highest BCUT2D eigenvalue weighted by atomic mass is 79.9. The number of sulfonamides is 1. The van der Waals surface area contributed by atoms with Crippen LogP contribution < -0.4 is 4.72 Å². The maximum absolute atomic E-state index is 12.3. The Kier molecular flexibility index (Phi) is 5.19. The van der Waals surface area contributed by atoms with E-state index in [0.717, 1.165) is 11.1 Å². The third-order valence-electron chi connectivity index (χ3n) is 3.17. The number of aryl methyl sites for hydroxylation is 1. The monoisotopic (exact) mass is 392 g/mol. The summed E-state index contributed by atoms with van der Waals surface area (Å²) in [5.74, 6) is -0.627. The van der Waals surface area contributed by atoms with Crippen LogP contribution in [0.4, 0.5) is 0 Å². The molecular formula is C16H13BrN2O3S. The molecule has 0 atom stereocenters. The smallest absolute Gasteiger partial charge is 0.264 e. The Bertz CT molecular complexity index is 902. The molecule has 5 nitrogen and oxygen atoms in total. The van der Waals surface area contributed by atoms with Crippen LogP contribution in [0.1, 0.15) is 16.7 Å². The number of rotatable bonds is 4. The zero-order valence-corrected chi connectivity index (χ0v) is 14.6. The number of halogens is 1. The largest absolute Gasteiger partial charge is 0.274 e. The molecule has 1 N–H and O–H groups in total. The highest BCUT2D eigenvalue weighted by Gasteiger charge is 2.19. The van der Waals surface area contributed by atoms with E-state index in [0.29, 0.717) is 4.47 Å². The molecule has 118 valence electrons. The number of benzene rings is 2. The summed E-state index contributed by atoms with van der Waals surface area (Å²) in [6, 6.07) is 13.2. The van der Waals surface area contributed by atoms with E-state index in [-0.39, 0.29) is 16.9 Å². The number of nitriles is 1. The summed E-state index contributed by atoms with van der Waals surface area (Å²) in [5, 5.41) is 8.91. The van der Waals surface area contributed by atoms with Crippen LogP contribution in [0.3, 0.4) is 0 Å². The van der Waals surface area contributed by atoms with E-state index in [2.05, 4.69) is 15.9 Å². The second kappa shape index (κ2) is 6.94. The van der Waals surface area contributed by atoms with Gasteiger partial charge < -0.3 is 0 Å². The molecule has 2 aromatic rings. The molecule has 0 aliphatic carbocycles. The average Bonchev–Trinajstić information content (AvgIpc) is 2.48. The lowest BCUT2D eigenvalue weighted by atomic mass is 10.1. The number of amides is 1. The summed E-state index contributed by atoms with van der Waals surface area (Å²) >= 11 is 3.15. The van der Waals surface area contributed by atoms with E-state index in [1.165, 1.54) is 18.2 Å². The Morgan fingerprint density at radius 3 is 2.61 bits per heavy atom. The maximum Gasteiger partial charge on any atom is 0.264 e. The van der Waals surface area contributed by atoms with Gasteiger partial charge in [-0.05, 0) is 36.2 Å². The van der Waals surface area contributed by atoms with Crippen molar-refractivity contribution in [2.75, 3.05) is 0 Å². The van der Waals surface area contributed by atoms with Gasteiger partial charge in [0.1, 0.15) is 0 Å². The summed E-state index contributed by atoms with van der Waals surface area (Å²) in [6.45, 7) is 1.85. The second-order valence-electron chi connectivity index (χ2n) is 4.92. The minimum Gasteiger partial charge on any atom is -0.274 e. The SMILES string of the molecule is Cc1ccccc1CC(=O)NS(=O)(=O)c1cc(Br)cc(C#N)c1. The number of nitrogens with zero attached hydrogens (tertiary/aromatic N) is 1. The van der Waals surface area contributed by atoms with Gasteiger partial charge in [0, 0.05) is 4.47 Å². The molecule has 0 unspecified atom stereocenters. The van der Waals surface area contributed by atoms with Crippen LogP contribution in [-0.4, -0.2) is 14.3 Å². The van der Waals surface area contributed by atoms with Crippen molar-refractivity contribution in [3.63, 3.8) is 0 Å². The van der Waals surface area contributed by atoms with Crippen molar-refractivity contribution in [3.8, 4) is 6.07 Å². The van der Waals surface area contributed by atoms with Gasteiger partial charge in [-0.15, -0.1) is 0 Å². The lowest BCUT2D eigenvalue weighted by Crippen LogP contribution is -2.32. The van der Waals surface area contributed by atoms with Gasteiger partial charge in [0.15, 0.2) is 0 Å². The van der Waals surface area contributed by atoms with Crippen molar-refractivity contribution in [2.45, 2.75) is 18.2 Å². The Morgan fingerprint density at radius 1 is 1.26 bits per heavy atom. The number of hydrogen-bond donors (Lipinski definition) is 1. The van der Waals surface area contributed by atoms with Gasteiger partial charge in [0.2, 0.25) is 5.91 Å². The molecule has 0 spiro atoms. The summed E-state index contributed by atoms with van der Waals surface area (Å²) in [5.41, 5.74) is 1.85. The molecule has 0 heterocycles. The zero-order chi connectivity index (χ0) is 17.0. The molecule has 0 aliphatic rings. The van der Waals surface area contributed by atoms with Gasteiger partial charge in [-0.3, -0.25) is 4.79 Å². The van der Waals surface area contributed by atoms with E-state index in [9.17, 15) is 13.2 Å². The minimum absolute atomic E-state index is 0.0367. The Morgan fingerprint density at radius 2 is 1.96 bits per heavy atom. The summed E-state index contributed by atoms with van der Waals surface area (Å²) in [6.07, 6.45) is -0.0367.